The number of aliphatic carboxylic acids is 2. The number of fused-ring (bicyclic) bond motifs is 2. The molecule has 1 atom stereocenters. The quantitative estimate of drug-likeness (QED) is 0.508. The number of hydrogen-bond acceptors (Lipinski definition) is 4. The van der Waals surface area contributed by atoms with Gasteiger partial charge in [0.1, 0.15) is 0 Å². The number of hydrogen-bond donors (Lipinski definition) is 3. The number of carboxylic acids is 2. The Morgan fingerprint density at radius 2 is 1.44 bits per heavy atom. The van der Waals surface area contributed by atoms with Gasteiger partial charge in [0.15, 0.2) is 0 Å². The van der Waals surface area contributed by atoms with E-state index in [1.165, 1.54) is 22.3 Å². The molecule has 0 saturated heterocycles. The van der Waals surface area contributed by atoms with Crippen LogP contribution in [0.15, 0.2) is 48.5 Å². The molecule has 2 aliphatic rings. The number of carboxylic acid groups (broad SMARTS) is 2. The van der Waals surface area contributed by atoms with Crippen LogP contribution in [-0.4, -0.2) is 46.7 Å². The largest absolute Gasteiger partial charge is 0.481 e. The highest BCUT2D eigenvalue weighted by atomic mass is 16.4. The molecular formula is C28H42N2O4. The first kappa shape index (κ1) is 29.3. The van der Waals surface area contributed by atoms with Crippen LogP contribution in [0.3, 0.4) is 0 Å². The lowest BCUT2D eigenvalue weighted by atomic mass is 10.00. The van der Waals surface area contributed by atoms with Gasteiger partial charge in [0.25, 0.3) is 0 Å². The zero-order valence-corrected chi connectivity index (χ0v) is 21.2. The molecule has 4 rings (SSSR count). The molecule has 3 N–H and O–H groups in total. The van der Waals surface area contributed by atoms with Crippen molar-refractivity contribution in [3.05, 3.63) is 70.8 Å². The van der Waals surface area contributed by atoms with Crippen molar-refractivity contribution in [3.8, 4) is 0 Å². The van der Waals surface area contributed by atoms with E-state index in [0.29, 0.717) is 19.1 Å². The molecule has 1 heterocycles. The monoisotopic (exact) mass is 470 g/mol. The molecule has 6 heteroatoms. The molecule has 1 aliphatic carbocycles. The summed E-state index contributed by atoms with van der Waals surface area (Å²) >= 11 is 0. The molecule has 1 unspecified atom stereocenters. The summed E-state index contributed by atoms with van der Waals surface area (Å²) in [6.07, 6.45) is 3.65. The number of aryl methyl sites for hydroxylation is 1. The van der Waals surface area contributed by atoms with Gasteiger partial charge in [0.05, 0.1) is 12.8 Å². The summed E-state index contributed by atoms with van der Waals surface area (Å²) in [5, 5.41) is 20.4. The minimum absolute atomic E-state index is 0.193. The maximum atomic E-state index is 10.5. The van der Waals surface area contributed by atoms with Crippen molar-refractivity contribution in [1.29, 1.82) is 0 Å². The third-order valence-corrected chi connectivity index (χ3v) is 5.71. The normalized spacial score (nSPS) is 15.7. The maximum absolute atomic E-state index is 10.5. The van der Waals surface area contributed by atoms with E-state index >= 15 is 0 Å². The van der Waals surface area contributed by atoms with Gasteiger partial charge in [-0.1, -0.05) is 76.2 Å². The number of carbonyl (C=O) groups is 2. The summed E-state index contributed by atoms with van der Waals surface area (Å²) < 4.78 is 0. The second kappa shape index (κ2) is 16.8. The fourth-order valence-corrected chi connectivity index (χ4v) is 4.12. The lowest BCUT2D eigenvalue weighted by Gasteiger charge is -2.28. The van der Waals surface area contributed by atoms with Crippen LogP contribution in [-0.2, 0) is 29.0 Å². The van der Waals surface area contributed by atoms with Gasteiger partial charge in [0.2, 0.25) is 0 Å². The topological polar surface area (TPSA) is 89.9 Å². The van der Waals surface area contributed by atoms with E-state index in [9.17, 15) is 9.59 Å². The van der Waals surface area contributed by atoms with Gasteiger partial charge in [-0.15, -0.1) is 0 Å². The second-order valence-corrected chi connectivity index (χ2v) is 7.83. The van der Waals surface area contributed by atoms with E-state index in [2.05, 4.69) is 46.6 Å². The molecule has 0 saturated carbocycles. The molecule has 0 fully saturated rings. The first-order valence-electron chi connectivity index (χ1n) is 12.6. The first-order chi connectivity index (χ1) is 16.5. The maximum Gasteiger partial charge on any atom is 0.304 e. The van der Waals surface area contributed by atoms with Gasteiger partial charge in [-0.05, 0) is 41.5 Å². The van der Waals surface area contributed by atoms with Crippen LogP contribution in [0.2, 0.25) is 0 Å². The lowest BCUT2D eigenvalue weighted by molar-refractivity contribution is -0.138. The average Bonchev–Trinajstić information content (AvgIpc) is 3.28. The summed E-state index contributed by atoms with van der Waals surface area (Å²) in [6, 6.07) is 17.1. The molecule has 6 nitrogen and oxygen atoms in total. The predicted molar refractivity (Wildman–Crippen MR) is 138 cm³/mol. The minimum atomic E-state index is -0.742. The van der Waals surface area contributed by atoms with Crippen molar-refractivity contribution >= 4 is 11.9 Å². The van der Waals surface area contributed by atoms with Crippen molar-refractivity contribution < 1.29 is 19.8 Å². The number of benzene rings is 2. The molecule has 1 aliphatic heterocycles. The Morgan fingerprint density at radius 1 is 0.853 bits per heavy atom. The standard InChI is InChI=1S/2C12H15NO2.2C2H6/c14-12(15)6-8-13-7-5-10-3-1-2-4-11(10)9-13;14-12(15)7-8-13-11-6-5-9-3-1-2-4-10(9)11;2*1-2/h1-4H,5-9H2,(H,14,15);1-4,11,13H,5-8H2,(H,14,15);2*1-2H3. The van der Waals surface area contributed by atoms with Crippen molar-refractivity contribution in [3.63, 3.8) is 0 Å². The molecule has 34 heavy (non-hydrogen) atoms. The molecular weight excluding hydrogens is 428 g/mol. The lowest BCUT2D eigenvalue weighted by Crippen LogP contribution is -2.32. The molecule has 0 spiro atoms. The van der Waals surface area contributed by atoms with E-state index in [4.69, 9.17) is 10.2 Å². The van der Waals surface area contributed by atoms with E-state index in [-0.39, 0.29) is 12.8 Å². The molecule has 2 aromatic carbocycles. The Bertz CT molecular complexity index is 863. The van der Waals surface area contributed by atoms with Crippen molar-refractivity contribution in [2.24, 2.45) is 0 Å². The van der Waals surface area contributed by atoms with E-state index < -0.39 is 11.9 Å². The van der Waals surface area contributed by atoms with Crippen molar-refractivity contribution in [1.82, 2.24) is 10.2 Å². The van der Waals surface area contributed by atoms with E-state index in [0.717, 1.165) is 32.4 Å². The summed E-state index contributed by atoms with van der Waals surface area (Å²) in [5.41, 5.74) is 5.48. The number of nitrogens with one attached hydrogen (secondary N) is 1. The Morgan fingerprint density at radius 3 is 2.09 bits per heavy atom. The number of nitrogens with zero attached hydrogens (tertiary/aromatic N) is 1. The highest BCUT2D eigenvalue weighted by molar-refractivity contribution is 5.67. The zero-order chi connectivity index (χ0) is 25.3. The van der Waals surface area contributed by atoms with Crippen LogP contribution in [0.25, 0.3) is 0 Å². The number of rotatable bonds is 7. The molecule has 0 aromatic heterocycles. The fourth-order valence-electron chi connectivity index (χ4n) is 4.12. The van der Waals surface area contributed by atoms with Gasteiger partial charge < -0.3 is 15.5 Å². The Balaban J connectivity index is 0.000000297. The Hall–Kier alpha value is -2.70. The summed E-state index contributed by atoms with van der Waals surface area (Å²) in [4.78, 5) is 23.0. The molecule has 188 valence electrons. The van der Waals surface area contributed by atoms with Crippen molar-refractivity contribution in [2.45, 2.75) is 72.4 Å². The fraction of sp³-hybridized carbons (Fsp3) is 0.500. The van der Waals surface area contributed by atoms with Crippen LogP contribution < -0.4 is 5.32 Å². The van der Waals surface area contributed by atoms with Gasteiger partial charge in [-0.3, -0.25) is 14.5 Å². The van der Waals surface area contributed by atoms with E-state index in [1.54, 1.807) is 0 Å². The summed E-state index contributed by atoms with van der Waals surface area (Å²) in [5.74, 6) is -1.46. The van der Waals surface area contributed by atoms with Crippen LogP contribution in [0.5, 0.6) is 0 Å². The zero-order valence-electron chi connectivity index (χ0n) is 21.2. The molecule has 0 bridgehead atoms. The smallest absolute Gasteiger partial charge is 0.304 e. The SMILES string of the molecule is CC.CC.O=C(O)CCN1CCc2ccccc2C1.O=C(O)CCNC1CCc2ccccc21. The van der Waals surface area contributed by atoms with Gasteiger partial charge in [-0.25, -0.2) is 0 Å². The highest BCUT2D eigenvalue weighted by Crippen LogP contribution is 2.30. The summed E-state index contributed by atoms with van der Waals surface area (Å²) in [7, 11) is 0. The van der Waals surface area contributed by atoms with Crippen LogP contribution >= 0.6 is 0 Å². The van der Waals surface area contributed by atoms with Gasteiger partial charge in [-0.2, -0.15) is 0 Å². The van der Waals surface area contributed by atoms with E-state index in [1.807, 2.05) is 39.8 Å². The third-order valence-electron chi connectivity index (χ3n) is 5.71. The molecule has 2 aromatic rings. The molecule has 0 amide bonds. The second-order valence-electron chi connectivity index (χ2n) is 7.83. The van der Waals surface area contributed by atoms with Gasteiger partial charge in [0, 0.05) is 32.2 Å². The van der Waals surface area contributed by atoms with Crippen LogP contribution in [0.1, 0.15) is 75.3 Å². The first-order valence-corrected chi connectivity index (χ1v) is 12.6. The summed E-state index contributed by atoms with van der Waals surface area (Å²) in [6.45, 7) is 11.1. The highest BCUT2D eigenvalue weighted by Gasteiger charge is 2.21. The predicted octanol–water partition coefficient (Wildman–Crippen LogP) is 5.31. The van der Waals surface area contributed by atoms with Crippen LogP contribution in [0, 0.1) is 0 Å². The molecule has 0 radical (unpaired) electrons. The Labute approximate surface area is 205 Å². The van der Waals surface area contributed by atoms with Crippen molar-refractivity contribution in [2.75, 3.05) is 19.6 Å². The average molecular weight is 471 g/mol. The minimum Gasteiger partial charge on any atom is -0.481 e. The third kappa shape index (κ3) is 10.1. The Kier molecular flexibility index (Phi) is 14.5. The van der Waals surface area contributed by atoms with Gasteiger partial charge >= 0.3 is 11.9 Å². The van der Waals surface area contributed by atoms with Crippen LogP contribution in [0.4, 0.5) is 0 Å².